The average molecular weight is 281 g/mol. The summed E-state index contributed by atoms with van der Waals surface area (Å²) in [7, 11) is 7.25. The number of carbonyl (C=O) groups is 2. The number of hydrogen-bond acceptors (Lipinski definition) is 4. The van der Waals surface area contributed by atoms with Gasteiger partial charge in [0.1, 0.15) is 11.3 Å². The van der Waals surface area contributed by atoms with E-state index in [1.54, 1.807) is 6.07 Å². The highest BCUT2D eigenvalue weighted by atomic mass is 16.5. The fourth-order valence-electron chi connectivity index (χ4n) is 1.55. The maximum absolute atomic E-state index is 11.8. The van der Waals surface area contributed by atoms with Crippen molar-refractivity contribution in [2.24, 2.45) is 0 Å². The number of nitrogens with zero attached hydrogens (tertiary/aromatic N) is 1. The molecule has 110 valence electrons. The Bertz CT molecular complexity index is 506. The molecule has 6 heteroatoms. The van der Waals surface area contributed by atoms with Crippen molar-refractivity contribution < 1.29 is 23.9 Å². The van der Waals surface area contributed by atoms with Crippen LogP contribution in [0.3, 0.4) is 0 Å². The molecule has 0 fully saturated rings. The zero-order chi connectivity index (χ0) is 15.3. The van der Waals surface area contributed by atoms with E-state index in [9.17, 15) is 14.7 Å². The van der Waals surface area contributed by atoms with Gasteiger partial charge in [0, 0.05) is 11.8 Å². The van der Waals surface area contributed by atoms with Crippen LogP contribution in [0.1, 0.15) is 16.8 Å². The molecule has 20 heavy (non-hydrogen) atoms. The standard InChI is InChI=1S/C14H20N2O4/c1-16(2,3)8-7-13(18)15-10-5-6-11(12(17)9-10)14(19)20-4/h5-6,9H,7-8H2,1-4H3,(H-,15,17,18,19)/p+1. The Morgan fingerprint density at radius 3 is 2.45 bits per heavy atom. The topological polar surface area (TPSA) is 75.6 Å². The molecule has 6 nitrogen and oxygen atoms in total. The fraction of sp³-hybridized carbons (Fsp3) is 0.429. The third kappa shape index (κ3) is 4.89. The maximum atomic E-state index is 11.8. The molecule has 0 aliphatic heterocycles. The molecule has 0 aromatic heterocycles. The van der Waals surface area contributed by atoms with Crippen LogP contribution in [0.4, 0.5) is 5.69 Å². The Labute approximate surface area is 118 Å². The predicted molar refractivity (Wildman–Crippen MR) is 75.6 cm³/mol. The number of carbonyl (C=O) groups excluding carboxylic acids is 2. The molecule has 1 rings (SSSR count). The van der Waals surface area contributed by atoms with Gasteiger partial charge in [0.25, 0.3) is 0 Å². The minimum Gasteiger partial charge on any atom is -0.507 e. The summed E-state index contributed by atoms with van der Waals surface area (Å²) in [5.74, 6) is -0.977. The molecule has 0 saturated carbocycles. The first-order chi connectivity index (χ1) is 9.23. The van der Waals surface area contributed by atoms with E-state index in [0.29, 0.717) is 23.1 Å². The van der Waals surface area contributed by atoms with E-state index < -0.39 is 5.97 Å². The van der Waals surface area contributed by atoms with E-state index in [2.05, 4.69) is 10.1 Å². The van der Waals surface area contributed by atoms with Gasteiger partial charge in [-0.25, -0.2) is 4.79 Å². The smallest absolute Gasteiger partial charge is 0.341 e. The van der Waals surface area contributed by atoms with Crippen LogP contribution in [-0.4, -0.2) is 56.3 Å². The summed E-state index contributed by atoms with van der Waals surface area (Å²) in [6.45, 7) is 0.706. The SMILES string of the molecule is COC(=O)c1ccc(NC(=O)CC[N+](C)(C)C)cc1O. The maximum Gasteiger partial charge on any atom is 0.341 e. The summed E-state index contributed by atoms with van der Waals surface area (Å²) in [6.07, 6.45) is 0.378. The fourth-order valence-corrected chi connectivity index (χ4v) is 1.55. The molecule has 0 aliphatic rings. The first kappa shape index (κ1) is 16.0. The summed E-state index contributed by atoms with van der Waals surface area (Å²) >= 11 is 0. The summed E-state index contributed by atoms with van der Waals surface area (Å²) in [5.41, 5.74) is 0.512. The van der Waals surface area contributed by atoms with Crippen molar-refractivity contribution in [1.29, 1.82) is 0 Å². The molecule has 0 bridgehead atoms. The van der Waals surface area contributed by atoms with Crippen molar-refractivity contribution >= 4 is 17.6 Å². The lowest BCUT2D eigenvalue weighted by Crippen LogP contribution is -2.37. The molecule has 1 aromatic carbocycles. The Morgan fingerprint density at radius 1 is 1.30 bits per heavy atom. The van der Waals surface area contributed by atoms with Crippen molar-refractivity contribution in [3.8, 4) is 5.75 Å². The van der Waals surface area contributed by atoms with Gasteiger partial charge in [0.15, 0.2) is 0 Å². The highest BCUT2D eigenvalue weighted by molar-refractivity contribution is 5.95. The Morgan fingerprint density at radius 2 is 1.95 bits per heavy atom. The Balaban J connectivity index is 2.68. The van der Waals surface area contributed by atoms with E-state index in [4.69, 9.17) is 0 Å². The van der Waals surface area contributed by atoms with Crippen molar-refractivity contribution in [3.05, 3.63) is 23.8 Å². The second-order valence-electron chi connectivity index (χ2n) is 5.54. The number of hydrogen-bond donors (Lipinski definition) is 2. The number of nitrogens with one attached hydrogen (secondary N) is 1. The van der Waals surface area contributed by atoms with Crippen LogP contribution in [-0.2, 0) is 9.53 Å². The molecule has 0 atom stereocenters. The van der Waals surface area contributed by atoms with Gasteiger partial charge in [0.05, 0.1) is 41.2 Å². The normalized spacial score (nSPS) is 11.0. The largest absolute Gasteiger partial charge is 0.507 e. The number of anilines is 1. The lowest BCUT2D eigenvalue weighted by molar-refractivity contribution is -0.869. The number of phenols is 1. The molecule has 0 spiro atoms. The molecule has 1 aromatic rings. The zero-order valence-corrected chi connectivity index (χ0v) is 12.3. The van der Waals surface area contributed by atoms with Crippen LogP contribution in [0.2, 0.25) is 0 Å². The number of phenolic OH excluding ortho intramolecular Hbond substituents is 1. The molecule has 0 saturated heterocycles. The first-order valence-corrected chi connectivity index (χ1v) is 6.24. The van der Waals surface area contributed by atoms with E-state index in [-0.39, 0.29) is 17.2 Å². The van der Waals surface area contributed by atoms with Crippen LogP contribution < -0.4 is 5.32 Å². The number of ether oxygens (including phenoxy) is 1. The molecular weight excluding hydrogens is 260 g/mol. The highest BCUT2D eigenvalue weighted by Crippen LogP contribution is 2.22. The molecule has 1 amide bonds. The van der Waals surface area contributed by atoms with Crippen molar-refractivity contribution in [2.45, 2.75) is 6.42 Å². The van der Waals surface area contributed by atoms with Crippen LogP contribution in [0.5, 0.6) is 5.75 Å². The molecule has 0 radical (unpaired) electrons. The summed E-state index contributed by atoms with van der Waals surface area (Å²) in [5, 5.41) is 12.4. The van der Waals surface area contributed by atoms with E-state index in [0.717, 1.165) is 0 Å². The Hall–Kier alpha value is -2.08. The van der Waals surface area contributed by atoms with Crippen molar-refractivity contribution in [1.82, 2.24) is 0 Å². The number of quaternary nitrogens is 1. The number of aromatic hydroxyl groups is 1. The second-order valence-corrected chi connectivity index (χ2v) is 5.54. The lowest BCUT2D eigenvalue weighted by Gasteiger charge is -2.23. The summed E-state index contributed by atoms with van der Waals surface area (Å²) in [4.78, 5) is 23.1. The van der Waals surface area contributed by atoms with Crippen molar-refractivity contribution in [2.75, 3.05) is 40.1 Å². The second kappa shape index (κ2) is 6.38. The number of methoxy groups -OCH3 is 1. The third-order valence-electron chi connectivity index (χ3n) is 2.70. The van der Waals surface area contributed by atoms with Gasteiger partial charge >= 0.3 is 5.97 Å². The number of amides is 1. The van der Waals surface area contributed by atoms with Crippen LogP contribution in [0.25, 0.3) is 0 Å². The van der Waals surface area contributed by atoms with E-state index >= 15 is 0 Å². The third-order valence-corrected chi connectivity index (χ3v) is 2.70. The average Bonchev–Trinajstić information content (AvgIpc) is 2.35. The minimum absolute atomic E-state index is 0.0665. The van der Waals surface area contributed by atoms with E-state index in [1.807, 2.05) is 21.1 Å². The van der Waals surface area contributed by atoms with Gasteiger partial charge in [-0.2, -0.15) is 0 Å². The van der Waals surface area contributed by atoms with Crippen LogP contribution >= 0.6 is 0 Å². The molecule has 0 aliphatic carbocycles. The van der Waals surface area contributed by atoms with Gasteiger partial charge in [0.2, 0.25) is 5.91 Å². The minimum atomic E-state index is -0.620. The van der Waals surface area contributed by atoms with Gasteiger partial charge in [-0.1, -0.05) is 0 Å². The van der Waals surface area contributed by atoms with Gasteiger partial charge in [-0.3, -0.25) is 4.79 Å². The van der Waals surface area contributed by atoms with Crippen molar-refractivity contribution in [3.63, 3.8) is 0 Å². The van der Waals surface area contributed by atoms with Crippen LogP contribution in [0.15, 0.2) is 18.2 Å². The highest BCUT2D eigenvalue weighted by Gasteiger charge is 2.14. The van der Waals surface area contributed by atoms with Gasteiger partial charge in [-0.05, 0) is 12.1 Å². The van der Waals surface area contributed by atoms with Crippen LogP contribution in [0, 0.1) is 0 Å². The summed E-state index contributed by atoms with van der Waals surface area (Å²) < 4.78 is 5.22. The number of benzene rings is 1. The predicted octanol–water partition coefficient (Wildman–Crippen LogP) is 1.21. The first-order valence-electron chi connectivity index (χ1n) is 6.24. The van der Waals surface area contributed by atoms with Gasteiger partial charge in [-0.15, -0.1) is 0 Å². The summed E-state index contributed by atoms with van der Waals surface area (Å²) in [6, 6.07) is 4.29. The lowest BCUT2D eigenvalue weighted by atomic mass is 10.2. The number of rotatable bonds is 5. The molecule has 0 unspecified atom stereocenters. The van der Waals surface area contributed by atoms with E-state index in [1.165, 1.54) is 19.2 Å². The zero-order valence-electron chi connectivity index (χ0n) is 12.3. The monoisotopic (exact) mass is 281 g/mol. The number of esters is 1. The Kier molecular flexibility index (Phi) is 5.10. The quantitative estimate of drug-likeness (QED) is 0.628. The molecule has 0 heterocycles. The molecule has 2 N–H and O–H groups in total. The molecular formula is C14H21N2O4+. The van der Waals surface area contributed by atoms with Gasteiger partial charge < -0.3 is 19.6 Å².